The van der Waals surface area contributed by atoms with Gasteiger partial charge in [0.2, 0.25) is 5.95 Å². The van der Waals surface area contributed by atoms with Gasteiger partial charge in [-0.15, -0.1) is 11.3 Å². The Labute approximate surface area is 117 Å². The molecule has 2 heterocycles. The molecule has 5 nitrogen and oxygen atoms in total. The zero-order valence-electron chi connectivity index (χ0n) is 11.7. The van der Waals surface area contributed by atoms with Gasteiger partial charge in [0.25, 0.3) is 0 Å². The average molecular weight is 279 g/mol. The number of anilines is 2. The van der Waals surface area contributed by atoms with Crippen LogP contribution in [0.4, 0.5) is 11.8 Å². The summed E-state index contributed by atoms with van der Waals surface area (Å²) < 4.78 is 0. The van der Waals surface area contributed by atoms with Gasteiger partial charge in [-0.2, -0.15) is 4.98 Å². The molecule has 0 aliphatic heterocycles. The lowest BCUT2D eigenvalue weighted by molar-refractivity contribution is 0.419. The average Bonchev–Trinajstić information content (AvgIpc) is 2.93. The lowest BCUT2D eigenvalue weighted by Crippen LogP contribution is -2.36. The molecule has 0 unspecified atom stereocenters. The molecule has 0 saturated carbocycles. The Kier molecular flexibility index (Phi) is 4.21. The first-order valence-electron chi connectivity index (χ1n) is 6.68. The summed E-state index contributed by atoms with van der Waals surface area (Å²) in [6, 6.07) is 2.05. The molecule has 0 aliphatic carbocycles. The second-order valence-corrected chi connectivity index (χ2v) is 5.54. The number of hydrogen-bond donors (Lipinski definition) is 3. The van der Waals surface area contributed by atoms with Crippen molar-refractivity contribution in [3.8, 4) is 0 Å². The van der Waals surface area contributed by atoms with Crippen LogP contribution in [0, 0.1) is 0 Å². The van der Waals surface area contributed by atoms with Crippen LogP contribution < -0.4 is 16.6 Å². The van der Waals surface area contributed by atoms with E-state index in [4.69, 9.17) is 5.84 Å². The van der Waals surface area contributed by atoms with E-state index in [0.29, 0.717) is 5.95 Å². The van der Waals surface area contributed by atoms with Crippen molar-refractivity contribution >= 4 is 33.3 Å². The number of nitrogens with one attached hydrogen (secondary N) is 2. The number of nitrogens with two attached hydrogens (primary N) is 1. The number of fused-ring (bicyclic) bond motifs is 1. The summed E-state index contributed by atoms with van der Waals surface area (Å²) >= 11 is 1.59. The topological polar surface area (TPSA) is 75.9 Å². The normalized spacial score (nSPS) is 11.8. The second-order valence-electron chi connectivity index (χ2n) is 4.65. The molecule has 0 atom stereocenters. The van der Waals surface area contributed by atoms with Crippen molar-refractivity contribution in [2.24, 2.45) is 5.84 Å². The van der Waals surface area contributed by atoms with Gasteiger partial charge in [-0.3, -0.25) is 5.43 Å². The van der Waals surface area contributed by atoms with E-state index >= 15 is 0 Å². The van der Waals surface area contributed by atoms with Crippen LogP contribution in [0.5, 0.6) is 0 Å². The third-order valence-electron chi connectivity index (χ3n) is 3.87. The highest BCUT2D eigenvalue weighted by molar-refractivity contribution is 7.16. The maximum atomic E-state index is 5.44. The zero-order valence-corrected chi connectivity index (χ0v) is 12.5. The maximum absolute atomic E-state index is 5.44. The van der Waals surface area contributed by atoms with Gasteiger partial charge in [-0.05, 0) is 30.7 Å². The highest BCUT2D eigenvalue weighted by Crippen LogP contribution is 2.31. The van der Waals surface area contributed by atoms with Gasteiger partial charge in [-0.1, -0.05) is 20.8 Å². The number of nitrogens with zero attached hydrogens (tertiary/aromatic N) is 2. The molecule has 0 fully saturated rings. The van der Waals surface area contributed by atoms with E-state index in [1.54, 1.807) is 11.3 Å². The Bertz CT molecular complexity index is 539. The first kappa shape index (κ1) is 14.0. The van der Waals surface area contributed by atoms with E-state index in [-0.39, 0.29) is 5.54 Å². The number of hydrazine groups is 1. The van der Waals surface area contributed by atoms with Crippen molar-refractivity contribution in [2.45, 2.75) is 45.6 Å². The monoisotopic (exact) mass is 279 g/mol. The van der Waals surface area contributed by atoms with Crippen molar-refractivity contribution < 1.29 is 0 Å². The van der Waals surface area contributed by atoms with Gasteiger partial charge in [0, 0.05) is 5.54 Å². The quantitative estimate of drug-likeness (QED) is 0.558. The van der Waals surface area contributed by atoms with E-state index in [0.717, 1.165) is 35.3 Å². The number of thiophene rings is 1. The molecule has 2 rings (SSSR count). The van der Waals surface area contributed by atoms with Gasteiger partial charge >= 0.3 is 0 Å². The Morgan fingerprint density at radius 1 is 1.21 bits per heavy atom. The molecule has 0 aromatic carbocycles. The molecule has 2 aromatic rings. The highest BCUT2D eigenvalue weighted by atomic mass is 32.1. The van der Waals surface area contributed by atoms with Crippen molar-refractivity contribution in [2.75, 3.05) is 10.7 Å². The van der Waals surface area contributed by atoms with Crippen molar-refractivity contribution in [1.29, 1.82) is 0 Å². The van der Waals surface area contributed by atoms with Crippen LogP contribution in [0.3, 0.4) is 0 Å². The summed E-state index contributed by atoms with van der Waals surface area (Å²) in [5.74, 6) is 6.76. The fourth-order valence-corrected chi connectivity index (χ4v) is 3.05. The fraction of sp³-hybridized carbons (Fsp3) is 0.538. The van der Waals surface area contributed by atoms with Crippen molar-refractivity contribution in [3.63, 3.8) is 0 Å². The summed E-state index contributed by atoms with van der Waals surface area (Å²) in [6.07, 6.45) is 3.17. The van der Waals surface area contributed by atoms with E-state index in [9.17, 15) is 0 Å². The Balaban J connectivity index is 2.46. The molecule has 104 valence electrons. The minimum atomic E-state index is 0.0785. The molecule has 0 saturated heterocycles. The van der Waals surface area contributed by atoms with Crippen LogP contribution >= 0.6 is 11.3 Å². The molecule has 0 bridgehead atoms. The smallest absolute Gasteiger partial charge is 0.240 e. The fourth-order valence-electron chi connectivity index (χ4n) is 2.28. The van der Waals surface area contributed by atoms with Crippen molar-refractivity contribution in [3.05, 3.63) is 11.4 Å². The molecular formula is C13H21N5S. The number of nitrogen functional groups attached to an aromatic ring is 1. The van der Waals surface area contributed by atoms with E-state index < -0.39 is 0 Å². The Morgan fingerprint density at radius 3 is 2.47 bits per heavy atom. The van der Waals surface area contributed by atoms with Gasteiger partial charge in [0.15, 0.2) is 0 Å². The molecule has 6 heteroatoms. The summed E-state index contributed by atoms with van der Waals surface area (Å²) in [4.78, 5) is 9.77. The molecule has 0 amide bonds. The lowest BCUT2D eigenvalue weighted by Gasteiger charge is -2.32. The third kappa shape index (κ3) is 2.64. The summed E-state index contributed by atoms with van der Waals surface area (Å²) in [5.41, 5.74) is 2.61. The molecule has 0 radical (unpaired) electrons. The highest BCUT2D eigenvalue weighted by Gasteiger charge is 2.25. The predicted octanol–water partition coefficient (Wildman–Crippen LogP) is 3.36. The Morgan fingerprint density at radius 2 is 1.89 bits per heavy atom. The van der Waals surface area contributed by atoms with Gasteiger partial charge in [-0.25, -0.2) is 10.8 Å². The number of hydrogen-bond acceptors (Lipinski definition) is 6. The lowest BCUT2D eigenvalue weighted by atomic mass is 9.90. The predicted molar refractivity (Wildman–Crippen MR) is 82.5 cm³/mol. The van der Waals surface area contributed by atoms with Gasteiger partial charge in [0.1, 0.15) is 10.6 Å². The summed E-state index contributed by atoms with van der Waals surface area (Å²) in [7, 11) is 0. The van der Waals surface area contributed by atoms with Crippen LogP contribution in [0.15, 0.2) is 11.4 Å². The molecule has 2 aromatic heterocycles. The van der Waals surface area contributed by atoms with Gasteiger partial charge in [0.05, 0.1) is 5.39 Å². The van der Waals surface area contributed by atoms with Gasteiger partial charge < -0.3 is 5.32 Å². The van der Waals surface area contributed by atoms with E-state index in [1.165, 1.54) is 0 Å². The van der Waals surface area contributed by atoms with Crippen LogP contribution in [0.25, 0.3) is 10.2 Å². The summed E-state index contributed by atoms with van der Waals surface area (Å²) in [6.45, 7) is 6.61. The zero-order chi connectivity index (χ0) is 13.9. The molecule has 0 aliphatic rings. The summed E-state index contributed by atoms with van der Waals surface area (Å²) in [5, 5.41) is 6.69. The SMILES string of the molecule is CCC(CC)(CC)Nc1nc(NN)nc2sccc12. The maximum Gasteiger partial charge on any atom is 0.240 e. The molecule has 0 spiro atoms. The first-order valence-corrected chi connectivity index (χ1v) is 7.56. The minimum absolute atomic E-state index is 0.0785. The molecule has 4 N–H and O–H groups in total. The minimum Gasteiger partial charge on any atom is -0.364 e. The largest absolute Gasteiger partial charge is 0.364 e. The Hall–Kier alpha value is -1.40. The third-order valence-corrected chi connectivity index (χ3v) is 4.67. The second kappa shape index (κ2) is 5.71. The van der Waals surface area contributed by atoms with Crippen molar-refractivity contribution in [1.82, 2.24) is 9.97 Å². The first-order chi connectivity index (χ1) is 9.18. The standard InChI is InChI=1S/C13H21N5S/c1-4-13(5-2,6-3)17-10-9-7-8-19-11(9)16-12(15-10)18-14/h7-8H,4-6,14H2,1-3H3,(H2,15,16,17,18). The van der Waals surface area contributed by atoms with E-state index in [2.05, 4.69) is 41.5 Å². The van der Waals surface area contributed by atoms with Crippen LogP contribution in [0.2, 0.25) is 0 Å². The molecule has 19 heavy (non-hydrogen) atoms. The number of aromatic nitrogens is 2. The van der Waals surface area contributed by atoms with Crippen LogP contribution in [-0.4, -0.2) is 15.5 Å². The van der Waals surface area contributed by atoms with Crippen LogP contribution in [-0.2, 0) is 0 Å². The van der Waals surface area contributed by atoms with Crippen LogP contribution in [0.1, 0.15) is 40.0 Å². The molecular weight excluding hydrogens is 258 g/mol. The number of rotatable bonds is 6. The van der Waals surface area contributed by atoms with E-state index in [1.807, 2.05) is 11.4 Å².